The summed E-state index contributed by atoms with van der Waals surface area (Å²) in [6.07, 6.45) is 1.18. The van der Waals surface area contributed by atoms with Gasteiger partial charge in [0.1, 0.15) is 9.84 Å². The van der Waals surface area contributed by atoms with Crippen molar-refractivity contribution in [3.05, 3.63) is 23.8 Å². The van der Waals surface area contributed by atoms with Crippen LogP contribution in [0.3, 0.4) is 0 Å². The van der Waals surface area contributed by atoms with Gasteiger partial charge in [0.05, 0.1) is 28.4 Å². The van der Waals surface area contributed by atoms with Gasteiger partial charge in [0.2, 0.25) is 5.95 Å². The molecule has 0 aliphatic heterocycles. The highest BCUT2D eigenvalue weighted by molar-refractivity contribution is 7.90. The zero-order valence-electron chi connectivity index (χ0n) is 10.7. The molecule has 0 radical (unpaired) electrons. The van der Waals surface area contributed by atoms with E-state index in [1.54, 1.807) is 29.7 Å². The third-order valence-corrected chi connectivity index (χ3v) is 3.92. The third-order valence-electron chi connectivity index (χ3n) is 2.83. The molecule has 0 fully saturated rings. The number of nitrogens with zero attached hydrogens (tertiary/aromatic N) is 3. The Morgan fingerprint density at radius 1 is 1.53 bits per heavy atom. The maximum Gasteiger partial charge on any atom is 0.201 e. The maximum atomic E-state index is 11.4. The van der Waals surface area contributed by atoms with Crippen LogP contribution >= 0.6 is 0 Å². The average molecular weight is 278 g/mol. The van der Waals surface area contributed by atoms with Gasteiger partial charge in [-0.05, 0) is 25.1 Å². The number of benzene rings is 1. The Morgan fingerprint density at radius 2 is 2.21 bits per heavy atom. The number of aromatic nitrogens is 2. The largest absolute Gasteiger partial charge is 0.369 e. The first-order valence-corrected chi connectivity index (χ1v) is 7.73. The number of hydrogen-bond acceptors (Lipinski definition) is 5. The molecule has 19 heavy (non-hydrogen) atoms. The minimum atomic E-state index is -3.12. The second-order valence-corrected chi connectivity index (χ2v) is 6.78. The number of nitrogens with two attached hydrogens (primary N) is 1. The number of sulfone groups is 1. The van der Waals surface area contributed by atoms with Gasteiger partial charge < -0.3 is 10.3 Å². The predicted octanol–water partition coefficient (Wildman–Crippen LogP) is 1.10. The maximum absolute atomic E-state index is 11.4. The molecule has 0 amide bonds. The lowest BCUT2D eigenvalue weighted by atomic mass is 10.2. The molecule has 1 aromatic carbocycles. The van der Waals surface area contributed by atoms with E-state index in [9.17, 15) is 8.42 Å². The van der Waals surface area contributed by atoms with E-state index in [2.05, 4.69) is 4.98 Å². The first kappa shape index (κ1) is 13.4. The van der Waals surface area contributed by atoms with Crippen LogP contribution in [0.15, 0.2) is 18.2 Å². The number of nitriles is 1. The molecule has 0 aliphatic carbocycles. The quantitative estimate of drug-likeness (QED) is 0.905. The number of nitrogen functional groups attached to an aromatic ring is 1. The Hall–Kier alpha value is -2.07. The summed E-state index contributed by atoms with van der Waals surface area (Å²) in [5.74, 6) is 0.223. The summed E-state index contributed by atoms with van der Waals surface area (Å²) < 4.78 is 24.4. The average Bonchev–Trinajstić information content (AvgIpc) is 2.61. The van der Waals surface area contributed by atoms with Crippen LogP contribution in [0.25, 0.3) is 11.0 Å². The molecule has 2 N–H and O–H groups in total. The zero-order chi connectivity index (χ0) is 14.2. The molecule has 7 heteroatoms. The Kier molecular flexibility index (Phi) is 3.20. The normalized spacial score (nSPS) is 13.3. The highest BCUT2D eigenvalue weighted by atomic mass is 32.2. The van der Waals surface area contributed by atoms with Crippen LogP contribution in [0.2, 0.25) is 0 Å². The van der Waals surface area contributed by atoms with Gasteiger partial charge in [-0.3, -0.25) is 0 Å². The van der Waals surface area contributed by atoms with Crippen LogP contribution in [0.5, 0.6) is 0 Å². The first-order valence-electron chi connectivity index (χ1n) is 5.67. The first-order chi connectivity index (χ1) is 8.81. The fourth-order valence-corrected chi connectivity index (χ4v) is 3.18. The number of imidazole rings is 1. The molecule has 6 nitrogen and oxygen atoms in total. The summed E-state index contributed by atoms with van der Waals surface area (Å²) in [7, 11) is -3.12. The van der Waals surface area contributed by atoms with E-state index < -0.39 is 9.84 Å². The fraction of sp³-hybridized carbons (Fsp3) is 0.333. The van der Waals surface area contributed by atoms with Crippen molar-refractivity contribution >= 4 is 26.8 Å². The molecule has 1 heterocycles. The second-order valence-electron chi connectivity index (χ2n) is 4.60. The van der Waals surface area contributed by atoms with Gasteiger partial charge in [0.15, 0.2) is 0 Å². The Bertz CT molecular complexity index is 771. The molecular formula is C12H14N4O2S. The van der Waals surface area contributed by atoms with Crippen molar-refractivity contribution in [2.45, 2.75) is 13.0 Å². The molecule has 2 aromatic rings. The second kappa shape index (κ2) is 4.55. The Labute approximate surface area is 111 Å². The van der Waals surface area contributed by atoms with Crippen molar-refractivity contribution in [1.29, 1.82) is 5.26 Å². The summed E-state index contributed by atoms with van der Waals surface area (Å²) in [5.41, 5.74) is 7.65. The minimum absolute atomic E-state index is 0.0283. The van der Waals surface area contributed by atoms with Gasteiger partial charge in [-0.2, -0.15) is 5.26 Å². The summed E-state index contributed by atoms with van der Waals surface area (Å²) in [5, 5.41) is 8.91. The van der Waals surface area contributed by atoms with Gasteiger partial charge in [-0.15, -0.1) is 0 Å². The van der Waals surface area contributed by atoms with Crippen LogP contribution < -0.4 is 5.73 Å². The molecule has 0 saturated carbocycles. The molecule has 2 rings (SSSR count). The van der Waals surface area contributed by atoms with E-state index in [1.807, 2.05) is 6.07 Å². The standard InChI is InChI=1S/C12H14N4O2S/c1-8(7-19(2,17)18)16-11-5-9(6-13)3-4-10(11)15-12(16)14/h3-5,8H,7H2,1-2H3,(H2,14,15). The zero-order valence-corrected chi connectivity index (χ0v) is 11.5. The highest BCUT2D eigenvalue weighted by Gasteiger charge is 2.18. The number of hydrogen-bond donors (Lipinski definition) is 1. The van der Waals surface area contributed by atoms with Gasteiger partial charge in [0, 0.05) is 12.3 Å². The van der Waals surface area contributed by atoms with Crippen molar-refractivity contribution in [3.63, 3.8) is 0 Å². The summed E-state index contributed by atoms with van der Waals surface area (Å²) in [6.45, 7) is 1.76. The summed E-state index contributed by atoms with van der Waals surface area (Å²) in [6, 6.07) is 6.72. The summed E-state index contributed by atoms with van der Waals surface area (Å²) in [4.78, 5) is 4.18. The molecule has 0 spiro atoms. The van der Waals surface area contributed by atoms with Crippen LogP contribution in [-0.4, -0.2) is 30.0 Å². The Morgan fingerprint density at radius 3 is 2.79 bits per heavy atom. The van der Waals surface area contributed by atoms with E-state index in [0.717, 1.165) is 0 Å². The highest BCUT2D eigenvalue weighted by Crippen LogP contribution is 2.24. The van der Waals surface area contributed by atoms with Crippen LogP contribution in [-0.2, 0) is 9.84 Å². The molecular weight excluding hydrogens is 264 g/mol. The molecule has 1 aromatic heterocycles. The fourth-order valence-electron chi connectivity index (χ4n) is 2.16. The van der Waals surface area contributed by atoms with E-state index in [4.69, 9.17) is 11.0 Å². The topological polar surface area (TPSA) is 102 Å². The van der Waals surface area contributed by atoms with Gasteiger partial charge in [0.25, 0.3) is 0 Å². The van der Waals surface area contributed by atoms with Gasteiger partial charge in [-0.25, -0.2) is 13.4 Å². The SMILES string of the molecule is CC(CS(C)(=O)=O)n1c(N)nc2ccc(C#N)cc21. The van der Waals surface area contributed by atoms with Gasteiger partial charge in [-0.1, -0.05) is 0 Å². The van der Waals surface area contributed by atoms with Crippen molar-refractivity contribution in [2.24, 2.45) is 0 Å². The molecule has 0 bridgehead atoms. The number of rotatable bonds is 3. The Balaban J connectivity index is 2.59. The van der Waals surface area contributed by atoms with Crippen LogP contribution in [0.1, 0.15) is 18.5 Å². The number of fused-ring (bicyclic) bond motifs is 1. The molecule has 1 atom stereocenters. The molecule has 0 aliphatic rings. The van der Waals surface area contributed by atoms with Crippen molar-refractivity contribution in [3.8, 4) is 6.07 Å². The van der Waals surface area contributed by atoms with E-state index >= 15 is 0 Å². The monoisotopic (exact) mass is 278 g/mol. The van der Waals surface area contributed by atoms with E-state index in [1.165, 1.54) is 6.26 Å². The third kappa shape index (κ3) is 2.69. The van der Waals surface area contributed by atoms with Crippen molar-refractivity contribution < 1.29 is 8.42 Å². The van der Waals surface area contributed by atoms with Crippen LogP contribution in [0, 0.1) is 11.3 Å². The summed E-state index contributed by atoms with van der Waals surface area (Å²) >= 11 is 0. The lowest BCUT2D eigenvalue weighted by Gasteiger charge is -2.14. The molecule has 100 valence electrons. The molecule has 0 saturated heterocycles. The van der Waals surface area contributed by atoms with Crippen LogP contribution in [0.4, 0.5) is 5.95 Å². The minimum Gasteiger partial charge on any atom is -0.369 e. The van der Waals surface area contributed by atoms with Gasteiger partial charge >= 0.3 is 0 Å². The van der Waals surface area contributed by atoms with Crippen molar-refractivity contribution in [1.82, 2.24) is 9.55 Å². The van der Waals surface area contributed by atoms with Crippen molar-refractivity contribution in [2.75, 3.05) is 17.7 Å². The number of anilines is 1. The molecule has 1 unspecified atom stereocenters. The lowest BCUT2D eigenvalue weighted by Crippen LogP contribution is -2.18. The van der Waals surface area contributed by atoms with E-state index in [-0.39, 0.29) is 17.7 Å². The smallest absolute Gasteiger partial charge is 0.201 e. The lowest BCUT2D eigenvalue weighted by molar-refractivity contribution is 0.571. The van der Waals surface area contributed by atoms with E-state index in [0.29, 0.717) is 16.6 Å². The predicted molar refractivity (Wildman–Crippen MR) is 73.3 cm³/mol.